The lowest BCUT2D eigenvalue weighted by Gasteiger charge is -2.16. The molecule has 0 saturated carbocycles. The highest BCUT2D eigenvalue weighted by atomic mass is 16.1. The van der Waals surface area contributed by atoms with E-state index in [-0.39, 0.29) is 17.7 Å². The molecule has 15 heavy (non-hydrogen) atoms. The summed E-state index contributed by atoms with van der Waals surface area (Å²) in [5.41, 5.74) is 0.961. The van der Waals surface area contributed by atoms with Gasteiger partial charge in [0.15, 0.2) is 0 Å². The van der Waals surface area contributed by atoms with E-state index in [1.807, 2.05) is 30.3 Å². The Morgan fingerprint density at radius 2 is 1.80 bits per heavy atom. The summed E-state index contributed by atoms with van der Waals surface area (Å²) >= 11 is 0. The van der Waals surface area contributed by atoms with Crippen LogP contribution in [-0.4, -0.2) is 11.7 Å². The predicted octanol–water partition coefficient (Wildman–Crippen LogP) is 1.84. The molecule has 0 saturated heterocycles. The van der Waals surface area contributed by atoms with Gasteiger partial charge in [-0.2, -0.15) is 0 Å². The van der Waals surface area contributed by atoms with Crippen molar-refractivity contribution in [3.63, 3.8) is 0 Å². The fourth-order valence-electron chi connectivity index (χ4n) is 1.47. The Morgan fingerprint density at radius 1 is 1.20 bits per heavy atom. The topological polar surface area (TPSA) is 46.2 Å². The minimum absolute atomic E-state index is 0.0672. The molecule has 0 fully saturated rings. The van der Waals surface area contributed by atoms with Crippen molar-refractivity contribution in [3.8, 4) is 0 Å². The van der Waals surface area contributed by atoms with Crippen molar-refractivity contribution in [1.29, 1.82) is 0 Å². The van der Waals surface area contributed by atoms with Gasteiger partial charge < -0.3 is 5.32 Å². The first kappa shape index (κ1) is 11.4. The summed E-state index contributed by atoms with van der Waals surface area (Å²) in [5.74, 6) is -0.0530. The highest BCUT2D eigenvalue weighted by Crippen LogP contribution is 2.16. The number of ketones is 1. The third-order valence-corrected chi connectivity index (χ3v) is 2.07. The first-order valence-corrected chi connectivity index (χ1v) is 4.91. The van der Waals surface area contributed by atoms with Crippen LogP contribution in [0.25, 0.3) is 0 Å². The Kier molecular flexibility index (Phi) is 4.03. The molecule has 1 rings (SSSR count). The zero-order valence-corrected chi connectivity index (χ0v) is 8.99. The van der Waals surface area contributed by atoms with Crippen LogP contribution in [0.3, 0.4) is 0 Å². The Balaban J connectivity index is 2.81. The van der Waals surface area contributed by atoms with Crippen LogP contribution in [0.2, 0.25) is 0 Å². The molecule has 1 amide bonds. The molecule has 0 aliphatic heterocycles. The summed E-state index contributed by atoms with van der Waals surface area (Å²) in [6.07, 6.45) is 0.337. The summed E-state index contributed by atoms with van der Waals surface area (Å²) in [4.78, 5) is 22.0. The number of benzene rings is 1. The van der Waals surface area contributed by atoms with E-state index < -0.39 is 0 Å². The number of carbonyl (C=O) groups excluding carboxylic acids is 2. The molecule has 1 aromatic carbocycles. The zero-order valence-electron chi connectivity index (χ0n) is 8.99. The molecular formula is C12H15NO2. The molecule has 0 spiro atoms. The van der Waals surface area contributed by atoms with Crippen molar-refractivity contribution < 1.29 is 9.59 Å². The Morgan fingerprint density at radius 3 is 2.27 bits per heavy atom. The summed E-state index contributed by atoms with van der Waals surface area (Å²) < 4.78 is 0. The molecule has 0 heterocycles. The molecule has 3 nitrogen and oxygen atoms in total. The number of nitrogens with one attached hydrogen (secondary N) is 1. The second kappa shape index (κ2) is 5.29. The Bertz CT molecular complexity index is 330. The second-order valence-electron chi connectivity index (χ2n) is 3.57. The van der Waals surface area contributed by atoms with E-state index in [2.05, 4.69) is 5.32 Å². The maximum absolute atomic E-state index is 11.1. The molecule has 1 atom stereocenters. The quantitative estimate of drug-likeness (QED) is 0.815. The molecule has 3 heteroatoms. The Hall–Kier alpha value is -1.64. The van der Waals surface area contributed by atoms with Crippen molar-refractivity contribution in [2.75, 3.05) is 0 Å². The Labute approximate surface area is 89.5 Å². The number of rotatable bonds is 4. The van der Waals surface area contributed by atoms with E-state index in [0.717, 1.165) is 5.56 Å². The lowest BCUT2D eigenvalue weighted by molar-refractivity contribution is -0.120. The molecule has 0 unspecified atom stereocenters. The highest BCUT2D eigenvalue weighted by molar-refractivity contribution is 5.78. The fraction of sp³-hybridized carbons (Fsp3) is 0.333. The van der Waals surface area contributed by atoms with Gasteiger partial charge in [0.25, 0.3) is 0 Å². The predicted molar refractivity (Wildman–Crippen MR) is 58.3 cm³/mol. The van der Waals surface area contributed by atoms with E-state index >= 15 is 0 Å². The van der Waals surface area contributed by atoms with Gasteiger partial charge in [-0.15, -0.1) is 0 Å². The normalized spacial score (nSPS) is 11.9. The molecule has 0 radical (unpaired) electrons. The zero-order chi connectivity index (χ0) is 11.3. The van der Waals surface area contributed by atoms with Crippen molar-refractivity contribution >= 4 is 11.7 Å². The molecule has 0 aromatic heterocycles. The van der Waals surface area contributed by atoms with E-state index in [1.165, 1.54) is 13.8 Å². The lowest BCUT2D eigenvalue weighted by atomic mass is 10.0. The average Bonchev–Trinajstić information content (AvgIpc) is 2.17. The van der Waals surface area contributed by atoms with Crippen molar-refractivity contribution in [1.82, 2.24) is 5.32 Å². The van der Waals surface area contributed by atoms with Crippen LogP contribution >= 0.6 is 0 Å². The number of carbonyl (C=O) groups is 2. The molecular weight excluding hydrogens is 190 g/mol. The number of hydrogen-bond acceptors (Lipinski definition) is 2. The standard InChI is InChI=1S/C12H15NO2/c1-9(14)8-12(13-10(2)15)11-6-4-3-5-7-11/h3-7,12H,8H2,1-2H3,(H,13,15)/t12-/m1/s1. The molecule has 1 aromatic rings. The van der Waals surface area contributed by atoms with Crippen LogP contribution in [-0.2, 0) is 9.59 Å². The maximum Gasteiger partial charge on any atom is 0.217 e. The second-order valence-corrected chi connectivity index (χ2v) is 3.57. The van der Waals surface area contributed by atoms with Crippen LogP contribution < -0.4 is 5.32 Å². The fourth-order valence-corrected chi connectivity index (χ4v) is 1.47. The van der Waals surface area contributed by atoms with Gasteiger partial charge in [0, 0.05) is 13.3 Å². The van der Waals surface area contributed by atoms with Crippen LogP contribution in [0, 0.1) is 0 Å². The van der Waals surface area contributed by atoms with Crippen LogP contribution in [0.4, 0.5) is 0 Å². The minimum Gasteiger partial charge on any atom is -0.349 e. The van der Waals surface area contributed by atoms with Crippen molar-refractivity contribution in [2.45, 2.75) is 26.3 Å². The SMILES string of the molecule is CC(=O)C[C@@H](NC(C)=O)c1ccccc1. The van der Waals surface area contributed by atoms with E-state index in [4.69, 9.17) is 0 Å². The van der Waals surface area contributed by atoms with Crippen LogP contribution in [0.5, 0.6) is 0 Å². The largest absolute Gasteiger partial charge is 0.349 e. The van der Waals surface area contributed by atoms with Gasteiger partial charge in [-0.1, -0.05) is 30.3 Å². The van der Waals surface area contributed by atoms with Gasteiger partial charge in [-0.3, -0.25) is 9.59 Å². The van der Waals surface area contributed by atoms with Crippen molar-refractivity contribution in [3.05, 3.63) is 35.9 Å². The highest BCUT2D eigenvalue weighted by Gasteiger charge is 2.13. The number of hydrogen-bond donors (Lipinski definition) is 1. The smallest absolute Gasteiger partial charge is 0.217 e. The number of amides is 1. The third-order valence-electron chi connectivity index (χ3n) is 2.07. The van der Waals surface area contributed by atoms with Gasteiger partial charge in [0.1, 0.15) is 5.78 Å². The van der Waals surface area contributed by atoms with Gasteiger partial charge in [0.05, 0.1) is 6.04 Å². The minimum atomic E-state index is -0.207. The molecule has 0 aliphatic rings. The lowest BCUT2D eigenvalue weighted by Crippen LogP contribution is -2.27. The first-order chi connectivity index (χ1) is 7.09. The molecule has 0 bridgehead atoms. The van der Waals surface area contributed by atoms with Crippen LogP contribution in [0.1, 0.15) is 31.9 Å². The van der Waals surface area contributed by atoms with E-state index in [1.54, 1.807) is 0 Å². The summed E-state index contributed by atoms with van der Waals surface area (Å²) in [7, 11) is 0. The number of Topliss-reactive ketones (excluding diaryl/α,β-unsaturated/α-hetero) is 1. The summed E-state index contributed by atoms with van der Waals surface area (Å²) in [6.45, 7) is 2.98. The van der Waals surface area contributed by atoms with Gasteiger partial charge >= 0.3 is 0 Å². The van der Waals surface area contributed by atoms with Gasteiger partial charge in [0.2, 0.25) is 5.91 Å². The van der Waals surface area contributed by atoms with Crippen molar-refractivity contribution in [2.24, 2.45) is 0 Å². The van der Waals surface area contributed by atoms with Gasteiger partial charge in [-0.05, 0) is 12.5 Å². The summed E-state index contributed by atoms with van der Waals surface area (Å²) in [6, 6.07) is 9.30. The average molecular weight is 205 g/mol. The summed E-state index contributed by atoms with van der Waals surface area (Å²) in [5, 5.41) is 2.77. The molecule has 1 N–H and O–H groups in total. The van der Waals surface area contributed by atoms with Crippen LogP contribution in [0.15, 0.2) is 30.3 Å². The maximum atomic E-state index is 11.1. The molecule has 0 aliphatic carbocycles. The van der Waals surface area contributed by atoms with E-state index in [0.29, 0.717) is 6.42 Å². The van der Waals surface area contributed by atoms with Gasteiger partial charge in [-0.25, -0.2) is 0 Å². The van der Waals surface area contributed by atoms with E-state index in [9.17, 15) is 9.59 Å². The molecule has 80 valence electrons. The first-order valence-electron chi connectivity index (χ1n) is 4.91. The monoisotopic (exact) mass is 205 g/mol. The third kappa shape index (κ3) is 3.94.